The summed E-state index contributed by atoms with van der Waals surface area (Å²) in [4.78, 5) is 2.23. The van der Waals surface area contributed by atoms with E-state index in [4.69, 9.17) is 9.95 Å². The van der Waals surface area contributed by atoms with Gasteiger partial charge in [-0.2, -0.15) is 0 Å². The first-order chi connectivity index (χ1) is 12.3. The van der Waals surface area contributed by atoms with E-state index < -0.39 is 13.9 Å². The van der Waals surface area contributed by atoms with Crippen LogP contribution in [0.5, 0.6) is 0 Å². The Morgan fingerprint density at radius 2 is 1.08 bits per heavy atom. The molecule has 4 rings (SSSR count). The van der Waals surface area contributed by atoms with Crippen molar-refractivity contribution >= 4 is 40.7 Å². The van der Waals surface area contributed by atoms with Crippen LogP contribution in [0, 0.1) is 0 Å². The average Bonchev–Trinajstić information content (AvgIpc) is 2.69. The Bertz CT molecular complexity index is 918. The summed E-state index contributed by atoms with van der Waals surface area (Å²) >= 11 is -1.78. The Hall–Kier alpha value is -2.21. The molecule has 1 N–H and O–H groups in total. The molecule has 0 spiro atoms. The van der Waals surface area contributed by atoms with Gasteiger partial charge >= 0.3 is 158 Å². The van der Waals surface area contributed by atoms with Crippen LogP contribution in [0.2, 0.25) is 0 Å². The quantitative estimate of drug-likeness (QED) is 0.567. The SMILES string of the molecule is Cl[As]1C=C(c2ccccc2)C(c2ccccc2)=C(c2ccccc2)N1. The molecule has 0 aromatic heterocycles. The van der Waals surface area contributed by atoms with Crippen LogP contribution in [0.4, 0.5) is 0 Å². The summed E-state index contributed by atoms with van der Waals surface area (Å²) in [5.41, 5.74) is 7.13. The minimum atomic E-state index is -1.78. The molecule has 0 amide bonds. The van der Waals surface area contributed by atoms with Gasteiger partial charge in [0.25, 0.3) is 0 Å². The second kappa shape index (κ2) is 7.35. The fourth-order valence-electron chi connectivity index (χ4n) is 3.06. The normalized spacial score (nSPS) is 17.0. The van der Waals surface area contributed by atoms with Gasteiger partial charge in [-0.3, -0.25) is 0 Å². The van der Waals surface area contributed by atoms with Crippen LogP contribution in [-0.2, 0) is 0 Å². The first-order valence-electron chi connectivity index (χ1n) is 8.17. The van der Waals surface area contributed by atoms with Crippen molar-refractivity contribution in [2.75, 3.05) is 0 Å². The van der Waals surface area contributed by atoms with E-state index in [1.165, 1.54) is 27.8 Å². The topological polar surface area (TPSA) is 12.0 Å². The summed E-state index contributed by atoms with van der Waals surface area (Å²) in [7, 11) is 6.68. The van der Waals surface area contributed by atoms with Crippen LogP contribution >= 0.6 is 9.95 Å². The first kappa shape index (κ1) is 16.3. The molecule has 3 aromatic carbocycles. The first-order valence-corrected chi connectivity index (χ1v) is 12.7. The van der Waals surface area contributed by atoms with Gasteiger partial charge in [-0.1, -0.05) is 0 Å². The van der Waals surface area contributed by atoms with Gasteiger partial charge in [0.15, 0.2) is 0 Å². The second-order valence-electron chi connectivity index (χ2n) is 5.81. The third-order valence-corrected chi connectivity index (χ3v) is 7.07. The van der Waals surface area contributed by atoms with Gasteiger partial charge in [0.05, 0.1) is 0 Å². The summed E-state index contributed by atoms with van der Waals surface area (Å²) in [6.07, 6.45) is 0. The molecule has 1 unspecified atom stereocenters. The van der Waals surface area contributed by atoms with E-state index in [1.807, 2.05) is 18.2 Å². The van der Waals surface area contributed by atoms with Crippen molar-refractivity contribution in [3.05, 3.63) is 113 Å². The van der Waals surface area contributed by atoms with Crippen molar-refractivity contribution in [3.63, 3.8) is 0 Å². The third-order valence-electron chi connectivity index (χ3n) is 4.19. The van der Waals surface area contributed by atoms with E-state index in [1.54, 1.807) is 0 Å². The van der Waals surface area contributed by atoms with Crippen molar-refractivity contribution in [2.45, 2.75) is 0 Å². The molecule has 0 saturated carbocycles. The van der Waals surface area contributed by atoms with E-state index in [9.17, 15) is 0 Å². The number of hydrogen-bond acceptors (Lipinski definition) is 1. The van der Waals surface area contributed by atoms with Gasteiger partial charge in [0.2, 0.25) is 0 Å². The molecule has 1 aliphatic heterocycles. The summed E-state index contributed by atoms with van der Waals surface area (Å²) in [6, 6.07) is 31.5. The van der Waals surface area contributed by atoms with E-state index >= 15 is 0 Å². The van der Waals surface area contributed by atoms with E-state index in [2.05, 4.69) is 81.9 Å². The Balaban J connectivity index is 1.97. The van der Waals surface area contributed by atoms with E-state index in [0.717, 1.165) is 5.70 Å². The average molecular weight is 406 g/mol. The van der Waals surface area contributed by atoms with Crippen molar-refractivity contribution in [3.8, 4) is 0 Å². The van der Waals surface area contributed by atoms with Crippen LogP contribution in [0.1, 0.15) is 16.7 Å². The number of allylic oxidation sites excluding steroid dienone is 2. The van der Waals surface area contributed by atoms with Crippen molar-refractivity contribution in [1.29, 1.82) is 0 Å². The molecule has 0 aliphatic carbocycles. The molecule has 0 radical (unpaired) electrons. The Kier molecular flexibility index (Phi) is 4.78. The molecule has 25 heavy (non-hydrogen) atoms. The van der Waals surface area contributed by atoms with Crippen molar-refractivity contribution < 1.29 is 0 Å². The van der Waals surface area contributed by atoms with Crippen LogP contribution in [-0.4, -0.2) is 13.9 Å². The molecule has 0 fully saturated rings. The van der Waals surface area contributed by atoms with Gasteiger partial charge in [-0.15, -0.1) is 0 Å². The standard InChI is InChI=1S/C22H17AsClN/c24-23-16-20(17-10-4-1-5-11-17)21(18-12-6-2-7-13-18)22(25-23)19-14-8-3-9-15-19/h1-16,25H. The molecule has 3 heteroatoms. The predicted octanol–water partition coefficient (Wildman–Crippen LogP) is 5.51. The van der Waals surface area contributed by atoms with Gasteiger partial charge in [-0.25, -0.2) is 0 Å². The molecule has 3 aromatic rings. The molecular weight excluding hydrogens is 389 g/mol. The summed E-state index contributed by atoms with van der Waals surface area (Å²) in [6.45, 7) is 0. The molecule has 1 heterocycles. The maximum absolute atomic E-state index is 6.68. The zero-order valence-electron chi connectivity index (χ0n) is 13.6. The van der Waals surface area contributed by atoms with Crippen LogP contribution in [0.15, 0.2) is 95.9 Å². The summed E-state index contributed by atoms with van der Waals surface area (Å²) < 4.78 is 3.60. The molecule has 0 bridgehead atoms. The Morgan fingerprint density at radius 1 is 0.600 bits per heavy atom. The van der Waals surface area contributed by atoms with Crippen molar-refractivity contribution in [1.82, 2.24) is 4.23 Å². The minimum absolute atomic E-state index is 1.13. The predicted molar refractivity (Wildman–Crippen MR) is 109 cm³/mol. The summed E-state index contributed by atoms with van der Waals surface area (Å²) in [5, 5.41) is 0. The Labute approximate surface area is 157 Å². The van der Waals surface area contributed by atoms with Crippen molar-refractivity contribution in [2.24, 2.45) is 0 Å². The number of benzene rings is 3. The van der Waals surface area contributed by atoms with E-state index in [-0.39, 0.29) is 0 Å². The monoisotopic (exact) mass is 405 g/mol. The van der Waals surface area contributed by atoms with E-state index in [0.29, 0.717) is 0 Å². The van der Waals surface area contributed by atoms with Crippen LogP contribution < -0.4 is 4.23 Å². The van der Waals surface area contributed by atoms with Crippen LogP contribution in [0.25, 0.3) is 16.8 Å². The van der Waals surface area contributed by atoms with Gasteiger partial charge in [0.1, 0.15) is 0 Å². The molecular formula is C22H17AsClN. The van der Waals surface area contributed by atoms with Gasteiger partial charge in [-0.05, 0) is 0 Å². The zero-order valence-corrected chi connectivity index (χ0v) is 16.2. The number of halogens is 1. The molecule has 122 valence electrons. The van der Waals surface area contributed by atoms with Gasteiger partial charge < -0.3 is 0 Å². The molecule has 1 atom stereocenters. The second-order valence-corrected chi connectivity index (χ2v) is 10.0. The fourth-order valence-corrected chi connectivity index (χ4v) is 6.16. The maximum atomic E-state index is 6.68. The van der Waals surface area contributed by atoms with Crippen LogP contribution in [0.3, 0.4) is 0 Å². The molecule has 1 nitrogen and oxygen atoms in total. The fraction of sp³-hybridized carbons (Fsp3) is 0. The molecule has 0 saturated heterocycles. The number of nitrogens with one attached hydrogen (secondary N) is 1. The number of hydrogen-bond donors (Lipinski definition) is 1. The van der Waals surface area contributed by atoms with Gasteiger partial charge in [0, 0.05) is 0 Å². The third kappa shape index (κ3) is 3.44. The zero-order chi connectivity index (χ0) is 17.1. The molecule has 1 aliphatic rings. The summed E-state index contributed by atoms with van der Waals surface area (Å²) in [5.74, 6) is 0. The Morgan fingerprint density at radius 3 is 1.64 bits per heavy atom. The number of rotatable bonds is 3.